The number of hydrogen-bond acceptors (Lipinski definition) is 3. The number of rotatable bonds is 7. The number of benzene rings is 3. The van der Waals surface area contributed by atoms with Gasteiger partial charge in [0.1, 0.15) is 12.4 Å². The lowest BCUT2D eigenvalue weighted by Gasteiger charge is -2.25. The molecular weight excluding hydrogens is 415 g/mol. The highest BCUT2D eigenvalue weighted by Crippen LogP contribution is 2.24. The van der Waals surface area contributed by atoms with Crippen LogP contribution in [0.5, 0.6) is 0 Å². The van der Waals surface area contributed by atoms with Crippen LogP contribution in [0.2, 0.25) is 0 Å². The summed E-state index contributed by atoms with van der Waals surface area (Å²) in [6.07, 6.45) is 0. The van der Waals surface area contributed by atoms with E-state index in [1.54, 1.807) is 55.5 Å². The lowest BCUT2D eigenvalue weighted by Crippen LogP contribution is -2.41. The van der Waals surface area contributed by atoms with Gasteiger partial charge < -0.3 is 5.32 Å². The molecule has 1 atom stereocenters. The fourth-order valence-electron chi connectivity index (χ4n) is 3.12. The Morgan fingerprint density at radius 2 is 1.42 bits per heavy atom. The Kier molecular flexibility index (Phi) is 6.75. The van der Waals surface area contributed by atoms with E-state index in [4.69, 9.17) is 0 Å². The quantitative estimate of drug-likeness (QED) is 0.588. The topological polar surface area (TPSA) is 66.5 Å². The number of anilines is 1. The van der Waals surface area contributed by atoms with Crippen molar-refractivity contribution in [3.63, 3.8) is 0 Å². The standard InChI is InChI=1S/C24H25FN2O3S/c1-17-4-12-22(13-5-17)27(31(29,30)23-14-6-18(2)7-15-23)16-24(28)26-19(3)20-8-10-21(25)11-9-20/h4-15,19H,16H2,1-3H3,(H,26,28). The third-order valence-electron chi connectivity index (χ3n) is 4.97. The van der Waals surface area contributed by atoms with Crippen molar-refractivity contribution in [3.05, 3.63) is 95.3 Å². The number of aryl methyl sites for hydroxylation is 2. The van der Waals surface area contributed by atoms with Crippen LogP contribution in [0.3, 0.4) is 0 Å². The molecule has 1 amide bonds. The van der Waals surface area contributed by atoms with E-state index in [9.17, 15) is 17.6 Å². The van der Waals surface area contributed by atoms with E-state index in [-0.39, 0.29) is 17.3 Å². The van der Waals surface area contributed by atoms with Gasteiger partial charge in [-0.1, -0.05) is 47.5 Å². The molecule has 31 heavy (non-hydrogen) atoms. The van der Waals surface area contributed by atoms with Gasteiger partial charge in [0.25, 0.3) is 10.0 Å². The molecule has 1 N–H and O–H groups in total. The number of amides is 1. The molecule has 0 saturated carbocycles. The number of carbonyl (C=O) groups excluding carboxylic acids is 1. The van der Waals surface area contributed by atoms with Crippen LogP contribution in [0.25, 0.3) is 0 Å². The second-order valence-electron chi connectivity index (χ2n) is 7.50. The summed E-state index contributed by atoms with van der Waals surface area (Å²) >= 11 is 0. The molecule has 0 spiro atoms. The highest BCUT2D eigenvalue weighted by Gasteiger charge is 2.27. The normalized spacial score (nSPS) is 12.3. The summed E-state index contributed by atoms with van der Waals surface area (Å²) in [5, 5.41) is 2.79. The lowest BCUT2D eigenvalue weighted by atomic mass is 10.1. The predicted octanol–water partition coefficient (Wildman–Crippen LogP) is 4.52. The first-order chi connectivity index (χ1) is 14.7. The molecule has 5 nitrogen and oxygen atoms in total. The fourth-order valence-corrected chi connectivity index (χ4v) is 4.54. The van der Waals surface area contributed by atoms with Crippen LogP contribution in [-0.4, -0.2) is 20.9 Å². The smallest absolute Gasteiger partial charge is 0.264 e. The monoisotopic (exact) mass is 440 g/mol. The maximum atomic E-state index is 13.4. The first kappa shape index (κ1) is 22.5. The van der Waals surface area contributed by atoms with Crippen molar-refractivity contribution in [1.29, 1.82) is 0 Å². The molecular formula is C24H25FN2O3S. The van der Waals surface area contributed by atoms with E-state index >= 15 is 0 Å². The van der Waals surface area contributed by atoms with Crippen LogP contribution in [0.1, 0.15) is 29.7 Å². The molecule has 162 valence electrons. The Bertz CT molecular complexity index is 1140. The Hall–Kier alpha value is -3.19. The minimum absolute atomic E-state index is 0.109. The molecule has 0 heterocycles. The van der Waals surface area contributed by atoms with Crippen molar-refractivity contribution in [2.75, 3.05) is 10.8 Å². The molecule has 7 heteroatoms. The van der Waals surface area contributed by atoms with Crippen LogP contribution < -0.4 is 9.62 Å². The van der Waals surface area contributed by atoms with Gasteiger partial charge in [0.05, 0.1) is 16.6 Å². The molecule has 0 aliphatic heterocycles. The molecule has 0 aromatic heterocycles. The Balaban J connectivity index is 1.87. The Morgan fingerprint density at radius 3 is 1.97 bits per heavy atom. The molecule has 0 bridgehead atoms. The Labute approximate surface area is 182 Å². The lowest BCUT2D eigenvalue weighted by molar-refractivity contribution is -0.120. The minimum atomic E-state index is -3.96. The molecule has 0 aliphatic carbocycles. The average molecular weight is 441 g/mol. The number of nitrogens with one attached hydrogen (secondary N) is 1. The van der Waals surface area contributed by atoms with Gasteiger partial charge in [0.15, 0.2) is 0 Å². The van der Waals surface area contributed by atoms with Crippen LogP contribution in [-0.2, 0) is 14.8 Å². The summed E-state index contributed by atoms with van der Waals surface area (Å²) in [5.74, 6) is -0.829. The van der Waals surface area contributed by atoms with Gasteiger partial charge in [-0.3, -0.25) is 9.10 Å². The van der Waals surface area contributed by atoms with Crippen LogP contribution in [0, 0.1) is 19.7 Å². The SMILES string of the molecule is Cc1ccc(N(CC(=O)NC(C)c2ccc(F)cc2)S(=O)(=O)c2ccc(C)cc2)cc1. The molecule has 1 unspecified atom stereocenters. The third kappa shape index (κ3) is 5.49. The summed E-state index contributed by atoms with van der Waals surface area (Å²) in [4.78, 5) is 12.9. The van der Waals surface area contributed by atoms with E-state index in [2.05, 4.69) is 5.32 Å². The van der Waals surface area contributed by atoms with Crippen molar-refractivity contribution < 1.29 is 17.6 Å². The second-order valence-corrected chi connectivity index (χ2v) is 9.36. The zero-order valence-corrected chi connectivity index (χ0v) is 18.5. The van der Waals surface area contributed by atoms with E-state index in [1.165, 1.54) is 24.3 Å². The van der Waals surface area contributed by atoms with Gasteiger partial charge in [-0.15, -0.1) is 0 Å². The van der Waals surface area contributed by atoms with Gasteiger partial charge in [-0.2, -0.15) is 0 Å². The van der Waals surface area contributed by atoms with E-state index < -0.39 is 22.0 Å². The van der Waals surface area contributed by atoms with E-state index in [1.807, 2.05) is 13.8 Å². The summed E-state index contributed by atoms with van der Waals surface area (Å²) in [6, 6.07) is 18.9. The van der Waals surface area contributed by atoms with Gasteiger partial charge in [-0.05, 0) is 62.7 Å². The highest BCUT2D eigenvalue weighted by molar-refractivity contribution is 7.92. The van der Waals surface area contributed by atoms with Gasteiger partial charge in [0, 0.05) is 0 Å². The van der Waals surface area contributed by atoms with Gasteiger partial charge in [0.2, 0.25) is 5.91 Å². The first-order valence-corrected chi connectivity index (χ1v) is 11.3. The van der Waals surface area contributed by atoms with Crippen molar-refractivity contribution in [1.82, 2.24) is 5.32 Å². The second kappa shape index (κ2) is 9.31. The minimum Gasteiger partial charge on any atom is -0.348 e. The van der Waals surface area contributed by atoms with Gasteiger partial charge >= 0.3 is 0 Å². The maximum absolute atomic E-state index is 13.4. The van der Waals surface area contributed by atoms with E-state index in [0.717, 1.165) is 21.0 Å². The summed E-state index contributed by atoms with van der Waals surface area (Å²) in [5.41, 5.74) is 3.03. The zero-order chi connectivity index (χ0) is 22.6. The molecule has 0 saturated heterocycles. The molecule has 0 radical (unpaired) electrons. The first-order valence-electron chi connectivity index (χ1n) is 9.88. The number of nitrogens with zero attached hydrogens (tertiary/aromatic N) is 1. The number of carbonyl (C=O) groups is 1. The van der Waals surface area contributed by atoms with Crippen molar-refractivity contribution in [2.45, 2.75) is 31.7 Å². The molecule has 3 aromatic carbocycles. The van der Waals surface area contributed by atoms with Crippen molar-refractivity contribution in [3.8, 4) is 0 Å². The number of hydrogen-bond donors (Lipinski definition) is 1. The van der Waals surface area contributed by atoms with Crippen LogP contribution in [0.15, 0.2) is 77.7 Å². The number of sulfonamides is 1. The molecule has 0 fully saturated rings. The van der Waals surface area contributed by atoms with Crippen molar-refractivity contribution in [2.24, 2.45) is 0 Å². The van der Waals surface area contributed by atoms with E-state index in [0.29, 0.717) is 5.69 Å². The number of halogens is 1. The highest BCUT2D eigenvalue weighted by atomic mass is 32.2. The Morgan fingerprint density at radius 1 is 0.903 bits per heavy atom. The predicted molar refractivity (Wildman–Crippen MR) is 120 cm³/mol. The average Bonchev–Trinajstić information content (AvgIpc) is 2.73. The summed E-state index contributed by atoms with van der Waals surface area (Å²) in [7, 11) is -3.96. The van der Waals surface area contributed by atoms with Crippen LogP contribution in [0.4, 0.5) is 10.1 Å². The largest absolute Gasteiger partial charge is 0.348 e. The maximum Gasteiger partial charge on any atom is 0.264 e. The van der Waals surface area contributed by atoms with Crippen molar-refractivity contribution >= 4 is 21.6 Å². The molecule has 3 aromatic rings. The third-order valence-corrected chi connectivity index (χ3v) is 6.75. The van der Waals surface area contributed by atoms with Crippen LogP contribution >= 0.6 is 0 Å². The summed E-state index contributed by atoms with van der Waals surface area (Å²) in [6.45, 7) is 5.15. The van der Waals surface area contributed by atoms with Gasteiger partial charge in [-0.25, -0.2) is 12.8 Å². The molecule has 0 aliphatic rings. The summed E-state index contributed by atoms with van der Waals surface area (Å²) < 4.78 is 41.0. The zero-order valence-electron chi connectivity index (χ0n) is 17.7. The molecule has 3 rings (SSSR count). The fraction of sp³-hybridized carbons (Fsp3) is 0.208.